The van der Waals surface area contributed by atoms with Gasteiger partial charge < -0.3 is 10.1 Å². The predicted octanol–water partition coefficient (Wildman–Crippen LogP) is 1.80. The molecule has 0 bridgehead atoms. The summed E-state index contributed by atoms with van der Waals surface area (Å²) in [7, 11) is -1.64. The zero-order valence-electron chi connectivity index (χ0n) is 12.2. The van der Waals surface area contributed by atoms with Crippen molar-refractivity contribution in [1.29, 1.82) is 0 Å². The summed E-state index contributed by atoms with van der Waals surface area (Å²) in [6.45, 7) is 1.87. The van der Waals surface area contributed by atoms with E-state index in [0.29, 0.717) is 23.3 Å². The second kappa shape index (κ2) is 6.34. The SMILES string of the molecule is COC1CCN(S(=O)(=O)c2cc(CNC3CC3)cs2)CC1. The lowest BCUT2D eigenvalue weighted by atomic mass is 10.1. The average Bonchev–Trinajstić information content (AvgIpc) is 3.21. The van der Waals surface area contributed by atoms with Crippen LogP contribution < -0.4 is 5.32 Å². The van der Waals surface area contributed by atoms with Crippen LogP contribution in [0, 0.1) is 0 Å². The van der Waals surface area contributed by atoms with E-state index < -0.39 is 10.0 Å². The monoisotopic (exact) mass is 330 g/mol. The number of methoxy groups -OCH3 is 1. The Morgan fingerprint density at radius 3 is 2.67 bits per heavy atom. The van der Waals surface area contributed by atoms with E-state index in [1.54, 1.807) is 11.4 Å². The molecule has 7 heteroatoms. The molecule has 0 radical (unpaired) electrons. The highest BCUT2D eigenvalue weighted by Crippen LogP contribution is 2.27. The van der Waals surface area contributed by atoms with Gasteiger partial charge in [-0.05, 0) is 42.7 Å². The van der Waals surface area contributed by atoms with Gasteiger partial charge in [-0.25, -0.2) is 8.42 Å². The minimum atomic E-state index is -3.33. The van der Waals surface area contributed by atoms with Crippen LogP contribution in [0.4, 0.5) is 0 Å². The highest BCUT2D eigenvalue weighted by Gasteiger charge is 2.30. The Morgan fingerprint density at radius 2 is 2.05 bits per heavy atom. The van der Waals surface area contributed by atoms with Crippen LogP contribution in [-0.2, 0) is 21.3 Å². The standard InChI is InChI=1S/C14H22N2O3S2/c1-19-13-4-6-16(7-5-13)21(17,18)14-8-11(10-20-14)9-15-12-2-3-12/h8,10,12-13,15H,2-7,9H2,1H3. The first-order chi connectivity index (χ1) is 10.1. The fourth-order valence-corrected chi connectivity index (χ4v) is 5.40. The maximum Gasteiger partial charge on any atom is 0.252 e. The van der Waals surface area contributed by atoms with E-state index >= 15 is 0 Å². The number of ether oxygens (including phenoxy) is 1. The Balaban J connectivity index is 1.63. The first kappa shape index (κ1) is 15.4. The lowest BCUT2D eigenvalue weighted by Gasteiger charge is -2.29. The van der Waals surface area contributed by atoms with Crippen LogP contribution in [0.2, 0.25) is 0 Å². The van der Waals surface area contributed by atoms with Gasteiger partial charge in [-0.3, -0.25) is 0 Å². The summed E-state index contributed by atoms with van der Waals surface area (Å²) < 4.78 is 32.6. The van der Waals surface area contributed by atoms with Crippen molar-refractivity contribution in [2.75, 3.05) is 20.2 Å². The molecule has 1 saturated carbocycles. The molecule has 1 aliphatic heterocycles. The van der Waals surface area contributed by atoms with Gasteiger partial charge in [0, 0.05) is 32.8 Å². The van der Waals surface area contributed by atoms with Crippen molar-refractivity contribution >= 4 is 21.4 Å². The molecule has 0 spiro atoms. The van der Waals surface area contributed by atoms with Gasteiger partial charge in [0.15, 0.2) is 0 Å². The van der Waals surface area contributed by atoms with Crippen LogP contribution in [0.1, 0.15) is 31.2 Å². The average molecular weight is 330 g/mol. The summed E-state index contributed by atoms with van der Waals surface area (Å²) in [5, 5.41) is 5.36. The van der Waals surface area contributed by atoms with Crippen LogP contribution >= 0.6 is 11.3 Å². The number of nitrogens with zero attached hydrogens (tertiary/aromatic N) is 1. The Bertz CT molecular complexity index is 573. The van der Waals surface area contributed by atoms with E-state index in [0.717, 1.165) is 24.9 Å². The topological polar surface area (TPSA) is 58.6 Å². The summed E-state index contributed by atoms with van der Waals surface area (Å²) in [6, 6.07) is 2.45. The summed E-state index contributed by atoms with van der Waals surface area (Å²) in [4.78, 5) is 0. The number of rotatable bonds is 6. The van der Waals surface area contributed by atoms with Crippen molar-refractivity contribution in [3.05, 3.63) is 17.0 Å². The molecule has 0 aromatic carbocycles. The molecule has 1 N–H and O–H groups in total. The van der Waals surface area contributed by atoms with Crippen LogP contribution in [0.15, 0.2) is 15.7 Å². The fraction of sp³-hybridized carbons (Fsp3) is 0.714. The quantitative estimate of drug-likeness (QED) is 0.864. The zero-order valence-corrected chi connectivity index (χ0v) is 13.9. The van der Waals surface area contributed by atoms with E-state index in [4.69, 9.17) is 4.74 Å². The molecule has 5 nitrogen and oxygen atoms in total. The number of nitrogens with one attached hydrogen (secondary N) is 1. The highest BCUT2D eigenvalue weighted by atomic mass is 32.2. The van der Waals surface area contributed by atoms with Crippen molar-refractivity contribution in [3.63, 3.8) is 0 Å². The molecule has 2 heterocycles. The highest BCUT2D eigenvalue weighted by molar-refractivity contribution is 7.91. The summed E-state index contributed by atoms with van der Waals surface area (Å²) in [6.07, 6.45) is 4.22. The third kappa shape index (κ3) is 3.65. The molecule has 0 amide bonds. The van der Waals surface area contributed by atoms with E-state index in [1.807, 2.05) is 11.4 Å². The van der Waals surface area contributed by atoms with Gasteiger partial charge in [-0.15, -0.1) is 11.3 Å². The molecule has 2 aliphatic rings. The van der Waals surface area contributed by atoms with E-state index in [1.165, 1.54) is 24.2 Å². The number of hydrogen-bond acceptors (Lipinski definition) is 5. The molecule has 1 aliphatic carbocycles. The normalized spacial score (nSPS) is 21.8. The van der Waals surface area contributed by atoms with Crippen molar-refractivity contribution in [1.82, 2.24) is 9.62 Å². The number of piperidine rings is 1. The van der Waals surface area contributed by atoms with Gasteiger partial charge >= 0.3 is 0 Å². The molecule has 1 aromatic heterocycles. The summed E-state index contributed by atoms with van der Waals surface area (Å²) >= 11 is 1.33. The second-order valence-electron chi connectivity index (χ2n) is 5.77. The maximum absolute atomic E-state index is 12.6. The van der Waals surface area contributed by atoms with Crippen molar-refractivity contribution in [2.45, 2.75) is 48.6 Å². The molecule has 118 valence electrons. The third-order valence-corrected chi connectivity index (χ3v) is 7.49. The van der Waals surface area contributed by atoms with E-state index in [9.17, 15) is 8.42 Å². The van der Waals surface area contributed by atoms with Crippen LogP contribution in [0.5, 0.6) is 0 Å². The minimum Gasteiger partial charge on any atom is -0.381 e. The smallest absolute Gasteiger partial charge is 0.252 e. The largest absolute Gasteiger partial charge is 0.381 e. The van der Waals surface area contributed by atoms with E-state index in [2.05, 4.69) is 5.32 Å². The molecule has 1 aromatic rings. The molecule has 1 saturated heterocycles. The van der Waals surface area contributed by atoms with Crippen LogP contribution in [-0.4, -0.2) is 45.1 Å². The number of sulfonamides is 1. The number of hydrogen-bond donors (Lipinski definition) is 1. The Morgan fingerprint density at radius 1 is 1.33 bits per heavy atom. The summed E-state index contributed by atoms with van der Waals surface area (Å²) in [5.41, 5.74) is 1.07. The first-order valence-corrected chi connectivity index (χ1v) is 9.75. The lowest BCUT2D eigenvalue weighted by molar-refractivity contribution is 0.0605. The van der Waals surface area contributed by atoms with Crippen molar-refractivity contribution in [2.24, 2.45) is 0 Å². The Labute approximate surface area is 130 Å². The van der Waals surface area contributed by atoms with Gasteiger partial charge in [-0.1, -0.05) is 0 Å². The molecular weight excluding hydrogens is 308 g/mol. The maximum atomic E-state index is 12.6. The van der Waals surface area contributed by atoms with Crippen LogP contribution in [0.25, 0.3) is 0 Å². The van der Waals surface area contributed by atoms with Gasteiger partial charge in [0.25, 0.3) is 10.0 Å². The Kier molecular flexibility index (Phi) is 4.66. The molecule has 21 heavy (non-hydrogen) atoms. The van der Waals surface area contributed by atoms with Gasteiger partial charge in [-0.2, -0.15) is 4.31 Å². The van der Waals surface area contributed by atoms with Gasteiger partial charge in [0.05, 0.1) is 6.10 Å². The lowest BCUT2D eigenvalue weighted by Crippen LogP contribution is -2.40. The molecule has 0 unspecified atom stereocenters. The second-order valence-corrected chi connectivity index (χ2v) is 8.84. The van der Waals surface area contributed by atoms with Crippen molar-refractivity contribution < 1.29 is 13.2 Å². The summed E-state index contributed by atoms with van der Waals surface area (Å²) in [5.74, 6) is 0. The Hall–Kier alpha value is -0.470. The number of thiophene rings is 1. The zero-order chi connectivity index (χ0) is 14.9. The molecule has 3 rings (SSSR count). The predicted molar refractivity (Wildman–Crippen MR) is 83.0 cm³/mol. The van der Waals surface area contributed by atoms with Gasteiger partial charge in [0.2, 0.25) is 0 Å². The fourth-order valence-electron chi connectivity index (χ4n) is 2.57. The first-order valence-electron chi connectivity index (χ1n) is 7.43. The molecular formula is C14H22N2O3S2. The van der Waals surface area contributed by atoms with E-state index in [-0.39, 0.29) is 6.10 Å². The van der Waals surface area contributed by atoms with Gasteiger partial charge in [0.1, 0.15) is 4.21 Å². The minimum absolute atomic E-state index is 0.193. The molecule has 2 fully saturated rings. The molecule has 0 atom stereocenters. The van der Waals surface area contributed by atoms with Crippen LogP contribution in [0.3, 0.4) is 0 Å². The van der Waals surface area contributed by atoms with Crippen molar-refractivity contribution in [3.8, 4) is 0 Å². The third-order valence-electron chi connectivity index (χ3n) is 4.13.